The fourth-order valence-electron chi connectivity index (χ4n) is 4.17. The molecule has 4 rings (SSSR count). The Balaban J connectivity index is 1.57. The average molecular weight is 452 g/mol. The number of benzene rings is 2. The quantitative estimate of drug-likeness (QED) is 0.434. The Bertz CT molecular complexity index is 1120. The zero-order valence-electron chi connectivity index (χ0n) is 18.4. The second-order valence-corrected chi connectivity index (χ2v) is 9.09. The van der Waals surface area contributed by atoms with Gasteiger partial charge in [0.15, 0.2) is 5.16 Å². The van der Waals surface area contributed by atoms with Crippen LogP contribution >= 0.6 is 11.8 Å². The van der Waals surface area contributed by atoms with Gasteiger partial charge in [-0.1, -0.05) is 56.0 Å². The van der Waals surface area contributed by atoms with Gasteiger partial charge in [-0.15, -0.1) is 0 Å². The van der Waals surface area contributed by atoms with Crippen LogP contribution in [-0.4, -0.2) is 34.4 Å². The topological polar surface area (TPSA) is 73.2 Å². The lowest BCUT2D eigenvalue weighted by molar-refractivity contribution is -0.119. The number of hydrogen-bond donors (Lipinski definition) is 1. The molecule has 0 bridgehead atoms. The number of rotatable bonds is 6. The number of fused-ring (bicyclic) bond motifs is 1. The second kappa shape index (κ2) is 10.7. The zero-order chi connectivity index (χ0) is 22.3. The third-order valence-corrected chi connectivity index (χ3v) is 6.82. The molecule has 1 fully saturated rings. The summed E-state index contributed by atoms with van der Waals surface area (Å²) in [5.74, 6) is 0.921. The number of methoxy groups -OCH3 is 1. The minimum atomic E-state index is -0.149. The summed E-state index contributed by atoms with van der Waals surface area (Å²) in [6.45, 7) is 0. The summed E-state index contributed by atoms with van der Waals surface area (Å²) >= 11 is 1.30. The number of amides is 1. The Kier molecular flexibility index (Phi) is 7.47. The van der Waals surface area contributed by atoms with E-state index in [1.807, 2.05) is 42.5 Å². The molecule has 0 atom stereocenters. The maximum Gasteiger partial charge on any atom is 0.266 e. The molecule has 1 saturated carbocycles. The summed E-state index contributed by atoms with van der Waals surface area (Å²) < 4.78 is 6.82. The van der Waals surface area contributed by atoms with Crippen molar-refractivity contribution in [3.63, 3.8) is 0 Å². The number of hydrogen-bond acceptors (Lipinski definition) is 5. The van der Waals surface area contributed by atoms with E-state index in [4.69, 9.17) is 9.72 Å². The molecule has 0 unspecified atom stereocenters. The molecule has 2 aromatic carbocycles. The van der Waals surface area contributed by atoms with Crippen molar-refractivity contribution in [3.05, 3.63) is 58.9 Å². The van der Waals surface area contributed by atoms with Crippen LogP contribution in [0.25, 0.3) is 16.6 Å². The number of aromatic nitrogens is 2. The Hall–Kier alpha value is -2.80. The first kappa shape index (κ1) is 22.4. The van der Waals surface area contributed by atoms with Gasteiger partial charge in [-0.05, 0) is 49.2 Å². The molecular formula is C25H29N3O3S. The van der Waals surface area contributed by atoms with Crippen molar-refractivity contribution in [2.45, 2.75) is 56.1 Å². The normalized spacial score (nSPS) is 15.2. The van der Waals surface area contributed by atoms with Crippen molar-refractivity contribution in [3.8, 4) is 11.4 Å². The van der Waals surface area contributed by atoms with Crippen molar-refractivity contribution in [1.82, 2.24) is 14.9 Å². The molecule has 1 aliphatic rings. The fraction of sp³-hybridized carbons (Fsp3) is 0.400. The van der Waals surface area contributed by atoms with Crippen LogP contribution in [0.1, 0.15) is 44.9 Å². The smallest absolute Gasteiger partial charge is 0.266 e. The molecule has 1 N–H and O–H groups in total. The van der Waals surface area contributed by atoms with Crippen LogP contribution in [0.5, 0.6) is 5.75 Å². The van der Waals surface area contributed by atoms with Gasteiger partial charge in [0.25, 0.3) is 5.56 Å². The Morgan fingerprint density at radius 2 is 1.75 bits per heavy atom. The fourth-order valence-corrected chi connectivity index (χ4v) is 4.99. The summed E-state index contributed by atoms with van der Waals surface area (Å²) in [6, 6.07) is 14.8. The lowest BCUT2D eigenvalue weighted by atomic mass is 9.97. The predicted octanol–water partition coefficient (Wildman–Crippen LogP) is 4.72. The molecule has 1 aromatic heterocycles. The van der Waals surface area contributed by atoms with Crippen molar-refractivity contribution in [2.75, 3.05) is 12.9 Å². The molecule has 1 aliphatic carbocycles. The summed E-state index contributed by atoms with van der Waals surface area (Å²) in [5.41, 5.74) is 1.17. The molecule has 0 spiro atoms. The Morgan fingerprint density at radius 3 is 2.47 bits per heavy atom. The van der Waals surface area contributed by atoms with E-state index in [1.165, 1.54) is 43.9 Å². The minimum Gasteiger partial charge on any atom is -0.497 e. The molecule has 0 aliphatic heterocycles. The number of nitrogens with zero attached hydrogens (tertiary/aromatic N) is 2. The van der Waals surface area contributed by atoms with Gasteiger partial charge in [-0.3, -0.25) is 14.2 Å². The molecule has 1 heterocycles. The van der Waals surface area contributed by atoms with E-state index < -0.39 is 0 Å². The van der Waals surface area contributed by atoms with Crippen LogP contribution in [0, 0.1) is 0 Å². The summed E-state index contributed by atoms with van der Waals surface area (Å²) in [7, 11) is 1.61. The van der Waals surface area contributed by atoms with E-state index in [2.05, 4.69) is 5.32 Å². The Labute approximate surface area is 192 Å². The number of carbonyl (C=O) groups excluding carboxylic acids is 1. The van der Waals surface area contributed by atoms with Crippen LogP contribution < -0.4 is 15.6 Å². The molecule has 0 radical (unpaired) electrons. The number of ether oxygens (including phenoxy) is 1. The van der Waals surface area contributed by atoms with Gasteiger partial charge in [-0.2, -0.15) is 0 Å². The molecule has 168 valence electrons. The Morgan fingerprint density at radius 1 is 1.06 bits per heavy atom. The number of thioether (sulfide) groups is 1. The maximum absolute atomic E-state index is 13.3. The third kappa shape index (κ3) is 5.33. The molecule has 6 nitrogen and oxygen atoms in total. The van der Waals surface area contributed by atoms with Crippen molar-refractivity contribution in [2.24, 2.45) is 0 Å². The first-order chi connectivity index (χ1) is 15.7. The molecule has 0 saturated heterocycles. The zero-order valence-corrected chi connectivity index (χ0v) is 19.2. The summed E-state index contributed by atoms with van der Waals surface area (Å²) in [5, 5.41) is 4.25. The number of para-hydroxylation sites is 1. The minimum absolute atomic E-state index is 0.00994. The SMILES string of the molecule is COc1ccc(-n2c(SCC(=O)NC3CCCCCCC3)nc3ccccc3c2=O)cc1. The van der Waals surface area contributed by atoms with Gasteiger partial charge < -0.3 is 10.1 Å². The van der Waals surface area contributed by atoms with Gasteiger partial charge in [-0.25, -0.2) is 4.98 Å². The highest BCUT2D eigenvalue weighted by atomic mass is 32.2. The van der Waals surface area contributed by atoms with E-state index in [-0.39, 0.29) is 23.3 Å². The van der Waals surface area contributed by atoms with Crippen LogP contribution in [0.4, 0.5) is 0 Å². The van der Waals surface area contributed by atoms with E-state index in [1.54, 1.807) is 17.7 Å². The number of carbonyl (C=O) groups is 1. The average Bonchev–Trinajstić information content (AvgIpc) is 2.80. The van der Waals surface area contributed by atoms with Crippen LogP contribution in [-0.2, 0) is 4.79 Å². The highest BCUT2D eigenvalue weighted by molar-refractivity contribution is 7.99. The largest absolute Gasteiger partial charge is 0.497 e. The molecule has 32 heavy (non-hydrogen) atoms. The number of nitrogens with one attached hydrogen (secondary N) is 1. The van der Waals surface area contributed by atoms with Crippen molar-refractivity contribution in [1.29, 1.82) is 0 Å². The van der Waals surface area contributed by atoms with E-state index in [0.717, 1.165) is 12.8 Å². The van der Waals surface area contributed by atoms with E-state index in [9.17, 15) is 9.59 Å². The first-order valence-electron chi connectivity index (χ1n) is 11.2. The van der Waals surface area contributed by atoms with Gasteiger partial charge in [0, 0.05) is 6.04 Å². The van der Waals surface area contributed by atoms with Gasteiger partial charge >= 0.3 is 0 Å². The second-order valence-electron chi connectivity index (χ2n) is 8.15. The lowest BCUT2D eigenvalue weighted by Crippen LogP contribution is -2.36. The molecule has 7 heteroatoms. The van der Waals surface area contributed by atoms with Gasteiger partial charge in [0.1, 0.15) is 5.75 Å². The van der Waals surface area contributed by atoms with Crippen LogP contribution in [0.15, 0.2) is 58.5 Å². The molecule has 1 amide bonds. The highest BCUT2D eigenvalue weighted by Gasteiger charge is 2.17. The lowest BCUT2D eigenvalue weighted by Gasteiger charge is -2.21. The third-order valence-electron chi connectivity index (χ3n) is 5.88. The van der Waals surface area contributed by atoms with Gasteiger partial charge in [0.2, 0.25) is 5.91 Å². The monoisotopic (exact) mass is 451 g/mol. The highest BCUT2D eigenvalue weighted by Crippen LogP contribution is 2.23. The van der Waals surface area contributed by atoms with Crippen LogP contribution in [0.2, 0.25) is 0 Å². The summed E-state index contributed by atoms with van der Waals surface area (Å²) in [6.07, 6.45) is 8.21. The van der Waals surface area contributed by atoms with Crippen molar-refractivity contribution >= 4 is 28.6 Å². The van der Waals surface area contributed by atoms with Gasteiger partial charge in [0.05, 0.1) is 29.5 Å². The first-order valence-corrected chi connectivity index (χ1v) is 12.2. The van der Waals surface area contributed by atoms with Crippen molar-refractivity contribution < 1.29 is 9.53 Å². The van der Waals surface area contributed by atoms with Crippen LogP contribution in [0.3, 0.4) is 0 Å². The maximum atomic E-state index is 13.3. The molecule has 3 aromatic rings. The van der Waals surface area contributed by atoms with E-state index >= 15 is 0 Å². The predicted molar refractivity (Wildman–Crippen MR) is 129 cm³/mol. The van der Waals surface area contributed by atoms with E-state index in [0.29, 0.717) is 27.5 Å². The standard InChI is InChI=1S/C25H29N3O3S/c1-31-20-15-13-19(14-16-20)28-24(30)21-11-7-8-12-22(21)27-25(28)32-17-23(29)26-18-9-5-3-2-4-6-10-18/h7-8,11-16,18H,2-6,9-10,17H2,1H3,(H,26,29). The summed E-state index contributed by atoms with van der Waals surface area (Å²) in [4.78, 5) is 30.7. The molecular weight excluding hydrogens is 422 g/mol.